The van der Waals surface area contributed by atoms with Crippen molar-refractivity contribution in [2.45, 2.75) is 32.5 Å². The van der Waals surface area contributed by atoms with E-state index in [1.807, 2.05) is 73.7 Å². The molecule has 0 saturated carbocycles. The third kappa shape index (κ3) is 7.55. The van der Waals surface area contributed by atoms with E-state index in [2.05, 4.69) is 33.9 Å². The molecule has 208 valence electrons. The van der Waals surface area contributed by atoms with Gasteiger partial charge in [0.2, 0.25) is 10.0 Å². The summed E-state index contributed by atoms with van der Waals surface area (Å²) in [5, 5.41) is 0. The fourth-order valence-electron chi connectivity index (χ4n) is 4.74. The van der Waals surface area contributed by atoms with Crippen molar-refractivity contribution in [3.63, 3.8) is 0 Å². The second kappa shape index (κ2) is 12.4. The first-order valence-corrected chi connectivity index (χ1v) is 15.2. The number of hydrogen-bond acceptors (Lipinski definition) is 6. The highest BCUT2D eigenvalue weighted by Gasteiger charge is 2.18. The molecule has 1 fully saturated rings. The van der Waals surface area contributed by atoms with Crippen molar-refractivity contribution in [3.8, 4) is 17.2 Å². The largest absolute Gasteiger partial charge is 0.488 e. The predicted molar refractivity (Wildman–Crippen MR) is 159 cm³/mol. The summed E-state index contributed by atoms with van der Waals surface area (Å²) in [5.41, 5.74) is 4.67. The van der Waals surface area contributed by atoms with Gasteiger partial charge in [-0.25, -0.2) is 8.42 Å². The van der Waals surface area contributed by atoms with Gasteiger partial charge in [0.1, 0.15) is 23.4 Å². The van der Waals surface area contributed by atoms with Crippen molar-refractivity contribution in [1.82, 2.24) is 0 Å². The first kappa shape index (κ1) is 27.6. The number of sulfonamides is 1. The summed E-state index contributed by atoms with van der Waals surface area (Å²) < 4.78 is 44.0. The van der Waals surface area contributed by atoms with Gasteiger partial charge in [-0.3, -0.25) is 4.72 Å². The Bertz CT molecular complexity index is 1520. The van der Waals surface area contributed by atoms with Gasteiger partial charge in [-0.1, -0.05) is 54.6 Å². The maximum Gasteiger partial charge on any atom is 0.229 e. The molecule has 7 nitrogen and oxygen atoms in total. The van der Waals surface area contributed by atoms with E-state index in [1.54, 1.807) is 6.07 Å². The molecule has 5 rings (SSSR count). The highest BCUT2D eigenvalue weighted by atomic mass is 32.2. The number of benzene rings is 4. The smallest absolute Gasteiger partial charge is 0.229 e. The van der Waals surface area contributed by atoms with E-state index in [-0.39, 0.29) is 6.10 Å². The lowest BCUT2D eigenvalue weighted by Gasteiger charge is -2.28. The lowest BCUT2D eigenvalue weighted by atomic mass is 10.1. The topological polar surface area (TPSA) is 77.1 Å². The molecule has 1 unspecified atom stereocenters. The first-order chi connectivity index (χ1) is 19.3. The summed E-state index contributed by atoms with van der Waals surface area (Å²) in [6.07, 6.45) is 2.14. The lowest BCUT2D eigenvalue weighted by molar-refractivity contribution is 0.141. The number of hydrogen-bond donors (Lipinski definition) is 1. The van der Waals surface area contributed by atoms with Crippen molar-refractivity contribution in [2.24, 2.45) is 0 Å². The van der Waals surface area contributed by atoms with Crippen LogP contribution in [0.15, 0.2) is 97.1 Å². The van der Waals surface area contributed by atoms with Gasteiger partial charge < -0.3 is 19.1 Å². The Kier molecular flexibility index (Phi) is 8.57. The van der Waals surface area contributed by atoms with Crippen molar-refractivity contribution in [2.75, 3.05) is 29.1 Å². The molecule has 1 aliphatic heterocycles. The monoisotopic (exact) mass is 558 g/mol. The molecule has 0 spiro atoms. The molecule has 8 heteroatoms. The maximum absolute atomic E-state index is 11.9. The van der Waals surface area contributed by atoms with E-state index in [0.717, 1.165) is 46.9 Å². The first-order valence-electron chi connectivity index (χ1n) is 13.3. The van der Waals surface area contributed by atoms with Crippen LogP contribution < -0.4 is 19.1 Å². The van der Waals surface area contributed by atoms with E-state index < -0.39 is 10.0 Å². The molecule has 0 aromatic heterocycles. The Hall–Kier alpha value is -4.01. The van der Waals surface area contributed by atoms with E-state index in [9.17, 15) is 8.42 Å². The molecule has 0 aliphatic carbocycles. The van der Waals surface area contributed by atoms with Crippen molar-refractivity contribution in [1.29, 1.82) is 0 Å². The normalized spacial score (nSPS) is 15.0. The fraction of sp³-hybridized carbons (Fsp3) is 0.250. The van der Waals surface area contributed by atoms with Gasteiger partial charge in [0.25, 0.3) is 0 Å². The van der Waals surface area contributed by atoms with Gasteiger partial charge in [0.15, 0.2) is 0 Å². The van der Waals surface area contributed by atoms with Crippen LogP contribution in [0.2, 0.25) is 0 Å². The molecular weight excluding hydrogens is 524 g/mol. The van der Waals surface area contributed by atoms with Gasteiger partial charge in [0, 0.05) is 31.3 Å². The Morgan fingerprint density at radius 1 is 0.850 bits per heavy atom. The average Bonchev–Trinajstić information content (AvgIpc) is 3.44. The molecule has 1 heterocycles. The molecule has 0 radical (unpaired) electrons. The van der Waals surface area contributed by atoms with Crippen molar-refractivity contribution in [3.05, 3.63) is 114 Å². The van der Waals surface area contributed by atoms with E-state index >= 15 is 0 Å². The minimum absolute atomic E-state index is 0.0832. The van der Waals surface area contributed by atoms with Gasteiger partial charge in [-0.2, -0.15) is 0 Å². The van der Waals surface area contributed by atoms with Crippen LogP contribution in [0.3, 0.4) is 0 Å². The quantitative estimate of drug-likeness (QED) is 0.225. The van der Waals surface area contributed by atoms with E-state index in [4.69, 9.17) is 14.2 Å². The number of anilines is 2. The van der Waals surface area contributed by atoms with Crippen LogP contribution in [0, 0.1) is 6.92 Å². The molecule has 40 heavy (non-hydrogen) atoms. The highest BCUT2D eigenvalue weighted by Crippen LogP contribution is 2.31. The summed E-state index contributed by atoms with van der Waals surface area (Å²) in [7, 11) is -3.40. The van der Waals surface area contributed by atoms with Crippen LogP contribution in [0.4, 0.5) is 11.4 Å². The summed E-state index contributed by atoms with van der Waals surface area (Å²) in [6, 6.07) is 31.6. The number of nitrogens with one attached hydrogen (secondary N) is 1. The fourth-order valence-corrected chi connectivity index (χ4v) is 5.36. The molecule has 4 aromatic carbocycles. The van der Waals surface area contributed by atoms with Gasteiger partial charge >= 0.3 is 0 Å². The number of nitrogens with zero attached hydrogens (tertiary/aromatic N) is 1. The summed E-state index contributed by atoms with van der Waals surface area (Å²) in [4.78, 5) is 2.25. The summed E-state index contributed by atoms with van der Waals surface area (Å²) >= 11 is 0. The number of ether oxygens (including phenoxy) is 3. The van der Waals surface area contributed by atoms with Gasteiger partial charge in [0.05, 0.1) is 25.2 Å². The maximum atomic E-state index is 11.9. The zero-order chi connectivity index (χ0) is 28.0. The van der Waals surface area contributed by atoms with Crippen molar-refractivity contribution < 1.29 is 22.6 Å². The second-order valence-corrected chi connectivity index (χ2v) is 11.7. The van der Waals surface area contributed by atoms with Crippen LogP contribution in [-0.2, 0) is 27.8 Å². The standard InChI is InChI=1S/C32H34N2O5S/c1-24-31(33-40(2,35)36)12-7-13-32(24)34(21-25-8-4-3-5-9-25)22-26-14-16-27(17-15-26)38-28-10-6-11-29(20-28)39-30-18-19-37-23-30/h3-17,20,30,33H,18-19,21-23H2,1-2H3. The Morgan fingerprint density at radius 2 is 1.55 bits per heavy atom. The van der Waals surface area contributed by atoms with Gasteiger partial charge in [-0.05, 0) is 60.0 Å². The van der Waals surface area contributed by atoms with Crippen LogP contribution in [0.25, 0.3) is 0 Å². The molecule has 0 amide bonds. The average molecular weight is 559 g/mol. The van der Waals surface area contributed by atoms with Gasteiger partial charge in [-0.15, -0.1) is 0 Å². The minimum atomic E-state index is -3.40. The van der Waals surface area contributed by atoms with Crippen LogP contribution >= 0.6 is 0 Å². The van der Waals surface area contributed by atoms with Crippen molar-refractivity contribution >= 4 is 21.4 Å². The summed E-state index contributed by atoms with van der Waals surface area (Å²) in [5.74, 6) is 2.21. The van der Waals surface area contributed by atoms with Crippen LogP contribution in [0.1, 0.15) is 23.1 Å². The molecule has 4 aromatic rings. The Labute approximate surface area is 236 Å². The zero-order valence-corrected chi connectivity index (χ0v) is 23.6. The zero-order valence-electron chi connectivity index (χ0n) is 22.7. The lowest BCUT2D eigenvalue weighted by Crippen LogP contribution is -2.23. The predicted octanol–water partition coefficient (Wildman–Crippen LogP) is 6.53. The minimum Gasteiger partial charge on any atom is -0.488 e. The molecule has 1 N–H and O–H groups in total. The molecular formula is C32H34N2O5S. The molecule has 1 atom stereocenters. The Balaban J connectivity index is 1.33. The molecule has 1 saturated heterocycles. The second-order valence-electron chi connectivity index (χ2n) is 9.99. The third-order valence-corrected chi connectivity index (χ3v) is 7.28. The third-order valence-electron chi connectivity index (χ3n) is 6.69. The highest BCUT2D eigenvalue weighted by molar-refractivity contribution is 7.92. The molecule has 0 bridgehead atoms. The Morgan fingerprint density at radius 3 is 2.25 bits per heavy atom. The van der Waals surface area contributed by atoms with E-state index in [1.165, 1.54) is 6.26 Å². The van der Waals surface area contributed by atoms with Crippen LogP contribution in [0.5, 0.6) is 17.2 Å². The summed E-state index contributed by atoms with van der Waals surface area (Å²) in [6.45, 7) is 4.59. The van der Waals surface area contributed by atoms with E-state index in [0.29, 0.717) is 31.1 Å². The SMILES string of the molecule is Cc1c(NS(C)(=O)=O)cccc1N(Cc1ccccc1)Cc1ccc(Oc2cccc(OC3CCOC3)c2)cc1. The molecule has 1 aliphatic rings. The number of rotatable bonds is 11. The van der Waals surface area contributed by atoms with Crippen LogP contribution in [-0.4, -0.2) is 34.0 Å².